The first-order chi connectivity index (χ1) is 9.69. The second-order valence-electron chi connectivity index (χ2n) is 4.76. The van der Waals surface area contributed by atoms with Gasteiger partial charge in [-0.1, -0.05) is 19.1 Å². The van der Waals surface area contributed by atoms with Gasteiger partial charge in [-0.3, -0.25) is 0 Å². The Kier molecular flexibility index (Phi) is 6.07. The van der Waals surface area contributed by atoms with Crippen LogP contribution < -0.4 is 10.1 Å². The molecule has 0 aliphatic rings. The molecule has 1 aromatic carbocycles. The van der Waals surface area contributed by atoms with Crippen molar-refractivity contribution in [3.8, 4) is 5.75 Å². The third kappa shape index (κ3) is 4.62. The maximum absolute atomic E-state index is 5.79. The molecular formula is C16H20BrNOS. The predicted octanol–water partition coefficient (Wildman–Crippen LogP) is 5.15. The zero-order chi connectivity index (χ0) is 14.4. The fraction of sp³-hybridized carbons (Fsp3) is 0.375. The van der Waals surface area contributed by atoms with Crippen molar-refractivity contribution in [1.29, 1.82) is 0 Å². The highest BCUT2D eigenvalue weighted by Crippen LogP contribution is 2.22. The van der Waals surface area contributed by atoms with E-state index in [0.717, 1.165) is 23.2 Å². The Labute approximate surface area is 133 Å². The summed E-state index contributed by atoms with van der Waals surface area (Å²) >= 11 is 5.16. The number of ether oxygens (including phenoxy) is 1. The molecule has 0 amide bonds. The molecule has 1 unspecified atom stereocenters. The fourth-order valence-electron chi connectivity index (χ4n) is 1.92. The van der Waals surface area contributed by atoms with Crippen LogP contribution in [0.4, 0.5) is 0 Å². The molecule has 4 heteroatoms. The quantitative estimate of drug-likeness (QED) is 0.742. The van der Waals surface area contributed by atoms with E-state index in [-0.39, 0.29) is 0 Å². The van der Waals surface area contributed by atoms with Crippen LogP contribution in [0.15, 0.2) is 40.2 Å². The zero-order valence-electron chi connectivity index (χ0n) is 11.9. The van der Waals surface area contributed by atoms with Gasteiger partial charge in [0.1, 0.15) is 12.4 Å². The summed E-state index contributed by atoms with van der Waals surface area (Å²) in [5, 5.41) is 5.56. The second kappa shape index (κ2) is 7.81. The molecule has 1 N–H and O–H groups in total. The van der Waals surface area contributed by atoms with Crippen LogP contribution >= 0.6 is 27.3 Å². The van der Waals surface area contributed by atoms with Crippen molar-refractivity contribution < 1.29 is 4.74 Å². The Morgan fingerprint density at radius 3 is 2.65 bits per heavy atom. The van der Waals surface area contributed by atoms with E-state index in [0.29, 0.717) is 12.6 Å². The van der Waals surface area contributed by atoms with E-state index < -0.39 is 0 Å². The molecule has 2 aromatic rings. The lowest BCUT2D eigenvalue weighted by molar-refractivity contribution is 0.309. The van der Waals surface area contributed by atoms with Crippen LogP contribution in [0.2, 0.25) is 0 Å². The Balaban J connectivity index is 1.87. The van der Waals surface area contributed by atoms with Crippen LogP contribution in [-0.2, 0) is 6.61 Å². The van der Waals surface area contributed by atoms with Gasteiger partial charge in [-0.05, 0) is 59.6 Å². The lowest BCUT2D eigenvalue weighted by Gasteiger charge is -2.14. The van der Waals surface area contributed by atoms with Gasteiger partial charge < -0.3 is 10.1 Å². The molecule has 0 saturated heterocycles. The van der Waals surface area contributed by atoms with Crippen molar-refractivity contribution in [2.75, 3.05) is 6.54 Å². The van der Waals surface area contributed by atoms with E-state index >= 15 is 0 Å². The lowest BCUT2D eigenvalue weighted by Crippen LogP contribution is -2.19. The molecule has 0 aliphatic carbocycles. The normalized spacial score (nSPS) is 12.3. The maximum Gasteiger partial charge on any atom is 0.122 e. The van der Waals surface area contributed by atoms with Crippen LogP contribution in [0, 0.1) is 0 Å². The van der Waals surface area contributed by atoms with E-state index in [9.17, 15) is 0 Å². The average Bonchev–Trinajstić information content (AvgIpc) is 2.89. The van der Waals surface area contributed by atoms with Gasteiger partial charge in [-0.2, -0.15) is 0 Å². The van der Waals surface area contributed by atoms with E-state index in [1.54, 1.807) is 11.3 Å². The van der Waals surface area contributed by atoms with Gasteiger partial charge in [-0.25, -0.2) is 0 Å². The number of hydrogen-bond donors (Lipinski definition) is 1. The van der Waals surface area contributed by atoms with Crippen molar-refractivity contribution in [2.45, 2.75) is 32.9 Å². The molecular weight excluding hydrogens is 334 g/mol. The molecule has 2 rings (SSSR count). The number of nitrogens with one attached hydrogen (secondary N) is 1. The van der Waals surface area contributed by atoms with E-state index in [1.165, 1.54) is 10.4 Å². The van der Waals surface area contributed by atoms with Crippen molar-refractivity contribution in [3.63, 3.8) is 0 Å². The minimum atomic E-state index is 0.386. The van der Waals surface area contributed by atoms with Gasteiger partial charge in [0, 0.05) is 20.8 Å². The van der Waals surface area contributed by atoms with Gasteiger partial charge in [-0.15, -0.1) is 11.3 Å². The van der Waals surface area contributed by atoms with Crippen molar-refractivity contribution in [1.82, 2.24) is 5.32 Å². The highest BCUT2D eigenvalue weighted by atomic mass is 79.9. The van der Waals surface area contributed by atoms with Gasteiger partial charge in [0.25, 0.3) is 0 Å². The number of rotatable bonds is 7. The van der Waals surface area contributed by atoms with Gasteiger partial charge in [0.05, 0.1) is 0 Å². The van der Waals surface area contributed by atoms with Crippen LogP contribution in [0.5, 0.6) is 5.75 Å². The summed E-state index contributed by atoms with van der Waals surface area (Å²) < 4.78 is 6.91. The molecule has 0 bridgehead atoms. The molecule has 0 fully saturated rings. The number of benzene rings is 1. The van der Waals surface area contributed by atoms with Crippen molar-refractivity contribution in [2.24, 2.45) is 0 Å². The smallest absolute Gasteiger partial charge is 0.122 e. The van der Waals surface area contributed by atoms with Gasteiger partial charge >= 0.3 is 0 Å². The second-order valence-corrected chi connectivity index (χ2v) is 6.68. The minimum Gasteiger partial charge on any atom is -0.488 e. The summed E-state index contributed by atoms with van der Waals surface area (Å²) in [4.78, 5) is 1.22. The monoisotopic (exact) mass is 353 g/mol. The van der Waals surface area contributed by atoms with Gasteiger partial charge in [0.2, 0.25) is 0 Å². The Hall–Kier alpha value is -0.840. The van der Waals surface area contributed by atoms with E-state index in [4.69, 9.17) is 4.74 Å². The molecule has 1 heterocycles. The molecule has 0 radical (unpaired) electrons. The summed E-state index contributed by atoms with van der Waals surface area (Å²) in [5.41, 5.74) is 1.30. The average molecular weight is 354 g/mol. The summed E-state index contributed by atoms with van der Waals surface area (Å²) in [5.74, 6) is 0.918. The number of hydrogen-bond acceptors (Lipinski definition) is 3. The third-order valence-electron chi connectivity index (χ3n) is 3.08. The largest absolute Gasteiger partial charge is 0.488 e. The summed E-state index contributed by atoms with van der Waals surface area (Å²) in [7, 11) is 0. The van der Waals surface area contributed by atoms with Crippen molar-refractivity contribution in [3.05, 3.63) is 50.6 Å². The first-order valence-electron chi connectivity index (χ1n) is 6.88. The van der Waals surface area contributed by atoms with E-state index in [2.05, 4.69) is 58.7 Å². The third-order valence-corrected chi connectivity index (χ3v) is 4.75. The van der Waals surface area contributed by atoms with Gasteiger partial charge in [0.15, 0.2) is 0 Å². The standard InChI is InChI=1S/C16H20BrNOS/c1-3-8-18-12(2)13-4-6-15(7-5-13)19-10-16-9-14(17)11-20-16/h4-7,9,11-12,18H,3,8,10H2,1-2H3. The summed E-state index contributed by atoms with van der Waals surface area (Å²) in [6.45, 7) is 6.04. The molecule has 0 spiro atoms. The highest BCUT2D eigenvalue weighted by Gasteiger charge is 2.04. The molecule has 1 atom stereocenters. The Morgan fingerprint density at radius 1 is 1.30 bits per heavy atom. The first kappa shape index (κ1) is 15.5. The number of halogens is 1. The van der Waals surface area contributed by atoms with Crippen LogP contribution in [-0.4, -0.2) is 6.54 Å². The lowest BCUT2D eigenvalue weighted by atomic mass is 10.1. The van der Waals surface area contributed by atoms with Crippen molar-refractivity contribution >= 4 is 27.3 Å². The SMILES string of the molecule is CCCNC(C)c1ccc(OCc2cc(Br)cs2)cc1. The summed E-state index contributed by atoms with van der Waals surface area (Å²) in [6, 6.07) is 10.8. The molecule has 1 aromatic heterocycles. The molecule has 2 nitrogen and oxygen atoms in total. The highest BCUT2D eigenvalue weighted by molar-refractivity contribution is 9.10. The first-order valence-corrected chi connectivity index (χ1v) is 8.55. The van der Waals surface area contributed by atoms with Crippen LogP contribution in [0.3, 0.4) is 0 Å². The predicted molar refractivity (Wildman–Crippen MR) is 89.5 cm³/mol. The zero-order valence-corrected chi connectivity index (χ0v) is 14.3. The molecule has 0 saturated carbocycles. The van der Waals surface area contributed by atoms with Crippen LogP contribution in [0.25, 0.3) is 0 Å². The van der Waals surface area contributed by atoms with E-state index in [1.807, 2.05) is 12.1 Å². The minimum absolute atomic E-state index is 0.386. The fourth-order valence-corrected chi connectivity index (χ4v) is 3.28. The topological polar surface area (TPSA) is 21.3 Å². The maximum atomic E-state index is 5.79. The number of thiophene rings is 1. The van der Waals surface area contributed by atoms with Crippen LogP contribution in [0.1, 0.15) is 36.8 Å². The molecule has 20 heavy (non-hydrogen) atoms. The summed E-state index contributed by atoms with van der Waals surface area (Å²) in [6.07, 6.45) is 1.15. The molecule has 108 valence electrons. The molecule has 0 aliphatic heterocycles. The Morgan fingerprint density at radius 2 is 2.05 bits per heavy atom. The Bertz CT molecular complexity index is 524.